The van der Waals surface area contributed by atoms with Gasteiger partial charge >= 0.3 is 5.97 Å². The molecule has 0 saturated heterocycles. The molecule has 0 amide bonds. The number of rotatable bonds is 8. The Morgan fingerprint density at radius 3 is 2.40 bits per heavy atom. The van der Waals surface area contributed by atoms with E-state index in [2.05, 4.69) is 4.72 Å². The van der Waals surface area contributed by atoms with Gasteiger partial charge in [0, 0.05) is 13.1 Å². The second-order valence-corrected chi connectivity index (χ2v) is 6.72. The Balaban J connectivity index is 2.67. The molecule has 0 aliphatic heterocycles. The minimum absolute atomic E-state index is 0.173. The van der Waals surface area contributed by atoms with Crippen molar-refractivity contribution in [1.82, 2.24) is 9.62 Å². The number of hydrogen-bond donors (Lipinski definition) is 2. The van der Waals surface area contributed by atoms with E-state index in [0.29, 0.717) is 6.54 Å². The van der Waals surface area contributed by atoms with Crippen molar-refractivity contribution < 1.29 is 18.3 Å². The van der Waals surface area contributed by atoms with Crippen molar-refractivity contribution in [2.75, 3.05) is 19.8 Å². The Morgan fingerprint density at radius 2 is 1.85 bits per heavy atom. The minimum atomic E-state index is -3.56. The molecule has 1 aromatic carbocycles. The van der Waals surface area contributed by atoms with Crippen LogP contribution in [-0.4, -0.2) is 44.2 Å². The van der Waals surface area contributed by atoms with Gasteiger partial charge in [-0.3, -0.25) is 4.79 Å². The maximum atomic E-state index is 11.7. The zero-order chi connectivity index (χ0) is 15.2. The quantitative estimate of drug-likeness (QED) is 0.736. The molecule has 6 nitrogen and oxygen atoms in total. The summed E-state index contributed by atoms with van der Waals surface area (Å²) in [6.07, 6.45) is -0.394. The van der Waals surface area contributed by atoms with Crippen molar-refractivity contribution in [2.24, 2.45) is 0 Å². The summed E-state index contributed by atoms with van der Waals surface area (Å²) in [5.74, 6) is -1.53. The maximum Gasteiger partial charge on any atom is 0.304 e. The van der Waals surface area contributed by atoms with E-state index in [-0.39, 0.29) is 6.54 Å². The number of aliphatic carboxylic acids is 1. The second-order valence-electron chi connectivity index (χ2n) is 4.79. The van der Waals surface area contributed by atoms with Crippen LogP contribution in [0.25, 0.3) is 0 Å². The van der Waals surface area contributed by atoms with Crippen LogP contribution in [0.3, 0.4) is 0 Å². The summed E-state index contributed by atoms with van der Waals surface area (Å²) in [4.78, 5) is 12.4. The molecule has 20 heavy (non-hydrogen) atoms. The predicted molar refractivity (Wildman–Crippen MR) is 76.7 cm³/mol. The largest absolute Gasteiger partial charge is 0.481 e. The minimum Gasteiger partial charge on any atom is -0.481 e. The third kappa shape index (κ3) is 6.14. The highest BCUT2D eigenvalue weighted by Crippen LogP contribution is 2.10. The van der Waals surface area contributed by atoms with E-state index in [4.69, 9.17) is 5.11 Å². The van der Waals surface area contributed by atoms with E-state index >= 15 is 0 Å². The van der Waals surface area contributed by atoms with Gasteiger partial charge in [0.25, 0.3) is 0 Å². The molecule has 112 valence electrons. The smallest absolute Gasteiger partial charge is 0.304 e. The fourth-order valence-electron chi connectivity index (χ4n) is 1.71. The first-order chi connectivity index (χ1) is 9.30. The molecule has 0 heterocycles. The number of carboxylic acids is 1. The molecular weight excluding hydrogens is 280 g/mol. The molecule has 0 saturated carbocycles. The van der Waals surface area contributed by atoms with Crippen molar-refractivity contribution in [3.63, 3.8) is 0 Å². The molecular formula is C13H20N2O4S. The van der Waals surface area contributed by atoms with Crippen LogP contribution in [0.5, 0.6) is 0 Å². The van der Waals surface area contributed by atoms with Crippen molar-refractivity contribution >= 4 is 16.0 Å². The first-order valence-corrected chi connectivity index (χ1v) is 7.86. The van der Waals surface area contributed by atoms with Crippen molar-refractivity contribution in [1.29, 1.82) is 0 Å². The normalized spacial score (nSPS) is 11.8. The van der Waals surface area contributed by atoms with Gasteiger partial charge in [0.2, 0.25) is 10.0 Å². The number of carbonyl (C=O) groups is 1. The van der Waals surface area contributed by atoms with E-state index in [1.165, 1.54) is 0 Å². The molecule has 7 heteroatoms. The summed E-state index contributed by atoms with van der Waals surface area (Å²) >= 11 is 0. The van der Waals surface area contributed by atoms with Crippen LogP contribution in [0.2, 0.25) is 0 Å². The van der Waals surface area contributed by atoms with Gasteiger partial charge in [-0.25, -0.2) is 13.1 Å². The molecule has 0 bridgehead atoms. The molecule has 0 atom stereocenters. The van der Waals surface area contributed by atoms with Crippen LogP contribution in [-0.2, 0) is 27.9 Å². The lowest BCUT2D eigenvalue weighted by molar-refractivity contribution is -0.136. The van der Waals surface area contributed by atoms with Crippen molar-refractivity contribution in [3.8, 4) is 0 Å². The summed E-state index contributed by atoms with van der Waals surface area (Å²) in [7, 11) is 0.312. The zero-order valence-electron chi connectivity index (χ0n) is 11.7. The fraction of sp³-hybridized carbons (Fsp3) is 0.462. The van der Waals surface area contributed by atoms with Crippen LogP contribution in [0.1, 0.15) is 17.5 Å². The number of nitrogens with zero attached hydrogens (tertiary/aromatic N) is 1. The number of sulfonamides is 1. The number of carboxylic acid groups (broad SMARTS) is 1. The van der Waals surface area contributed by atoms with Gasteiger partial charge in [0.05, 0.1) is 12.2 Å². The summed E-state index contributed by atoms with van der Waals surface area (Å²) in [5, 5.41) is 8.51. The SMILES string of the molecule is CN(C)Cc1ccccc1CNS(=O)(=O)CCC(=O)O. The molecule has 0 spiro atoms. The average molecular weight is 300 g/mol. The third-order valence-corrected chi connectivity index (χ3v) is 4.00. The molecule has 2 N–H and O–H groups in total. The molecule has 0 aromatic heterocycles. The lowest BCUT2D eigenvalue weighted by atomic mass is 10.1. The Bertz CT molecular complexity index is 555. The van der Waals surface area contributed by atoms with Gasteiger partial charge in [0.15, 0.2) is 0 Å². The lowest BCUT2D eigenvalue weighted by Crippen LogP contribution is -2.27. The van der Waals surface area contributed by atoms with Crippen LogP contribution < -0.4 is 4.72 Å². The predicted octanol–water partition coefficient (Wildman–Crippen LogP) is 0.642. The first kappa shape index (κ1) is 16.6. The Kier molecular flexibility index (Phi) is 6.12. The summed E-state index contributed by atoms with van der Waals surface area (Å²) in [6, 6.07) is 7.56. The monoisotopic (exact) mass is 300 g/mol. The summed E-state index contributed by atoms with van der Waals surface area (Å²) in [6.45, 7) is 0.888. The molecule has 1 rings (SSSR count). The lowest BCUT2D eigenvalue weighted by Gasteiger charge is -2.14. The Labute approximate surface area is 119 Å². The molecule has 0 aliphatic carbocycles. The highest BCUT2D eigenvalue weighted by atomic mass is 32.2. The van der Waals surface area contributed by atoms with Crippen LogP contribution in [0, 0.1) is 0 Å². The van der Waals surface area contributed by atoms with Gasteiger partial charge < -0.3 is 10.0 Å². The Morgan fingerprint density at radius 1 is 1.25 bits per heavy atom. The van der Waals surface area contributed by atoms with Crippen LogP contribution in [0.15, 0.2) is 24.3 Å². The van der Waals surface area contributed by atoms with Gasteiger partial charge in [-0.1, -0.05) is 24.3 Å². The molecule has 0 aliphatic rings. The van der Waals surface area contributed by atoms with Crippen LogP contribution >= 0.6 is 0 Å². The highest BCUT2D eigenvalue weighted by Gasteiger charge is 2.13. The summed E-state index contributed by atoms with van der Waals surface area (Å²) < 4.78 is 25.7. The van der Waals surface area contributed by atoms with Gasteiger partial charge in [0.1, 0.15) is 0 Å². The van der Waals surface area contributed by atoms with E-state index in [1.54, 1.807) is 0 Å². The molecule has 0 unspecified atom stereocenters. The van der Waals surface area contributed by atoms with Gasteiger partial charge in [-0.2, -0.15) is 0 Å². The molecule has 0 radical (unpaired) electrons. The second kappa shape index (κ2) is 7.37. The van der Waals surface area contributed by atoms with Crippen molar-refractivity contribution in [2.45, 2.75) is 19.5 Å². The van der Waals surface area contributed by atoms with E-state index in [9.17, 15) is 13.2 Å². The number of nitrogens with one attached hydrogen (secondary N) is 1. The van der Waals surface area contributed by atoms with E-state index < -0.39 is 28.2 Å². The fourth-order valence-corrected chi connectivity index (χ4v) is 2.67. The maximum absolute atomic E-state index is 11.7. The van der Waals surface area contributed by atoms with Crippen LogP contribution in [0.4, 0.5) is 0 Å². The standard InChI is InChI=1S/C13H20N2O4S/c1-15(2)10-12-6-4-3-5-11(12)9-14-20(18,19)8-7-13(16)17/h3-6,14H,7-10H2,1-2H3,(H,16,17). The van der Waals surface area contributed by atoms with E-state index in [0.717, 1.165) is 11.1 Å². The average Bonchev–Trinajstić information content (AvgIpc) is 2.35. The number of hydrogen-bond acceptors (Lipinski definition) is 4. The van der Waals surface area contributed by atoms with Crippen molar-refractivity contribution in [3.05, 3.63) is 35.4 Å². The van der Waals surface area contributed by atoms with Gasteiger partial charge in [-0.15, -0.1) is 0 Å². The number of benzene rings is 1. The first-order valence-electron chi connectivity index (χ1n) is 6.21. The molecule has 0 fully saturated rings. The van der Waals surface area contributed by atoms with E-state index in [1.807, 2.05) is 43.3 Å². The zero-order valence-corrected chi connectivity index (χ0v) is 12.5. The highest BCUT2D eigenvalue weighted by molar-refractivity contribution is 7.89. The third-order valence-electron chi connectivity index (χ3n) is 2.67. The molecule has 1 aromatic rings. The topological polar surface area (TPSA) is 86.7 Å². The summed E-state index contributed by atoms with van der Waals surface area (Å²) in [5.41, 5.74) is 1.93. The Hall–Kier alpha value is -1.44. The van der Waals surface area contributed by atoms with Gasteiger partial charge in [-0.05, 0) is 25.2 Å².